The Labute approximate surface area is 121 Å². The minimum absolute atomic E-state index is 0.0686. The molecule has 0 spiro atoms. The van der Waals surface area contributed by atoms with Crippen molar-refractivity contribution >= 4 is 0 Å². The molecular formula is C16H25NO3. The average molecular weight is 279 g/mol. The molecule has 0 saturated carbocycles. The number of rotatable bonds is 5. The van der Waals surface area contributed by atoms with Gasteiger partial charge in [0.05, 0.1) is 18.8 Å². The summed E-state index contributed by atoms with van der Waals surface area (Å²) < 4.78 is 17.5. The third-order valence-electron chi connectivity index (χ3n) is 3.82. The fraction of sp³-hybridized carbons (Fsp3) is 0.625. The van der Waals surface area contributed by atoms with Crippen LogP contribution in [0.3, 0.4) is 0 Å². The molecule has 2 atom stereocenters. The SMILES string of the molecule is CCOc1cc(OCC)c2c(c1)OC(C)(CC)CC2N. The van der Waals surface area contributed by atoms with Crippen molar-refractivity contribution in [3.05, 3.63) is 17.7 Å². The highest BCUT2D eigenvalue weighted by Crippen LogP contribution is 2.46. The lowest BCUT2D eigenvalue weighted by atomic mass is 9.86. The van der Waals surface area contributed by atoms with Gasteiger partial charge in [0, 0.05) is 24.6 Å². The summed E-state index contributed by atoms with van der Waals surface area (Å²) in [6.07, 6.45) is 1.72. The first-order valence-electron chi connectivity index (χ1n) is 7.41. The maximum atomic E-state index is 6.35. The van der Waals surface area contributed by atoms with E-state index in [0.717, 1.165) is 35.7 Å². The second kappa shape index (κ2) is 5.92. The lowest BCUT2D eigenvalue weighted by Crippen LogP contribution is -2.39. The van der Waals surface area contributed by atoms with Crippen molar-refractivity contribution in [3.63, 3.8) is 0 Å². The van der Waals surface area contributed by atoms with Crippen LogP contribution < -0.4 is 19.9 Å². The molecule has 0 saturated heterocycles. The molecule has 4 heteroatoms. The Balaban J connectivity index is 2.47. The van der Waals surface area contributed by atoms with E-state index in [4.69, 9.17) is 19.9 Å². The zero-order valence-electron chi connectivity index (χ0n) is 12.9. The van der Waals surface area contributed by atoms with Gasteiger partial charge in [-0.25, -0.2) is 0 Å². The van der Waals surface area contributed by atoms with E-state index in [1.165, 1.54) is 0 Å². The molecule has 1 aliphatic rings. The van der Waals surface area contributed by atoms with Gasteiger partial charge >= 0.3 is 0 Å². The first-order chi connectivity index (χ1) is 9.53. The van der Waals surface area contributed by atoms with E-state index in [2.05, 4.69) is 13.8 Å². The maximum Gasteiger partial charge on any atom is 0.132 e. The van der Waals surface area contributed by atoms with Crippen LogP contribution in [0.5, 0.6) is 17.2 Å². The summed E-state index contributed by atoms with van der Waals surface area (Å²) in [5, 5.41) is 0. The predicted molar refractivity (Wildman–Crippen MR) is 79.6 cm³/mol. The molecule has 0 bridgehead atoms. The molecule has 112 valence electrons. The predicted octanol–water partition coefficient (Wildman–Crippen LogP) is 3.44. The Hall–Kier alpha value is -1.42. The van der Waals surface area contributed by atoms with Gasteiger partial charge in [0.1, 0.15) is 22.8 Å². The van der Waals surface area contributed by atoms with Gasteiger partial charge in [0.25, 0.3) is 0 Å². The fourth-order valence-electron chi connectivity index (χ4n) is 2.64. The van der Waals surface area contributed by atoms with E-state index in [1.54, 1.807) is 0 Å². The molecule has 0 aromatic heterocycles. The summed E-state index contributed by atoms with van der Waals surface area (Å²) >= 11 is 0. The summed E-state index contributed by atoms with van der Waals surface area (Å²) in [4.78, 5) is 0. The summed E-state index contributed by atoms with van der Waals surface area (Å²) in [7, 11) is 0. The normalized spacial score (nSPS) is 24.8. The van der Waals surface area contributed by atoms with Crippen LogP contribution in [0.2, 0.25) is 0 Å². The molecule has 2 unspecified atom stereocenters. The number of hydrogen-bond donors (Lipinski definition) is 1. The van der Waals surface area contributed by atoms with Crippen LogP contribution in [-0.2, 0) is 0 Å². The minimum Gasteiger partial charge on any atom is -0.494 e. The molecule has 1 aromatic carbocycles. The lowest BCUT2D eigenvalue weighted by molar-refractivity contribution is 0.0487. The first-order valence-corrected chi connectivity index (χ1v) is 7.41. The number of hydrogen-bond acceptors (Lipinski definition) is 4. The van der Waals surface area contributed by atoms with Crippen molar-refractivity contribution in [3.8, 4) is 17.2 Å². The van der Waals surface area contributed by atoms with Gasteiger partial charge in [-0.1, -0.05) is 6.92 Å². The topological polar surface area (TPSA) is 53.7 Å². The third kappa shape index (κ3) is 2.85. The summed E-state index contributed by atoms with van der Waals surface area (Å²) in [6.45, 7) is 9.35. The Kier molecular flexibility index (Phi) is 4.43. The first kappa shape index (κ1) is 15.0. The standard InChI is InChI=1S/C16H25NO3/c1-5-16(4)10-12(17)15-13(19-7-3)8-11(18-6-2)9-14(15)20-16/h8-9,12H,5-7,10,17H2,1-4H3. The number of benzene rings is 1. The smallest absolute Gasteiger partial charge is 0.132 e. The van der Waals surface area contributed by atoms with Crippen LogP contribution in [0.25, 0.3) is 0 Å². The van der Waals surface area contributed by atoms with Crippen molar-refractivity contribution in [1.82, 2.24) is 0 Å². The van der Waals surface area contributed by atoms with E-state index >= 15 is 0 Å². The molecule has 2 N–H and O–H groups in total. The van der Waals surface area contributed by atoms with Gasteiger partial charge < -0.3 is 19.9 Å². The zero-order chi connectivity index (χ0) is 14.8. The van der Waals surface area contributed by atoms with Crippen LogP contribution in [0.15, 0.2) is 12.1 Å². The van der Waals surface area contributed by atoms with Crippen LogP contribution in [-0.4, -0.2) is 18.8 Å². The van der Waals surface area contributed by atoms with Crippen LogP contribution in [0.4, 0.5) is 0 Å². The number of ether oxygens (including phenoxy) is 3. The van der Waals surface area contributed by atoms with Crippen molar-refractivity contribution in [1.29, 1.82) is 0 Å². The highest BCUT2D eigenvalue weighted by Gasteiger charge is 2.36. The van der Waals surface area contributed by atoms with Gasteiger partial charge in [0.15, 0.2) is 0 Å². The fourth-order valence-corrected chi connectivity index (χ4v) is 2.64. The molecule has 0 aliphatic carbocycles. The van der Waals surface area contributed by atoms with Crippen LogP contribution in [0, 0.1) is 0 Å². The molecule has 2 rings (SSSR count). The second-order valence-corrected chi connectivity index (χ2v) is 5.42. The third-order valence-corrected chi connectivity index (χ3v) is 3.82. The van der Waals surface area contributed by atoms with E-state index in [-0.39, 0.29) is 11.6 Å². The van der Waals surface area contributed by atoms with Crippen molar-refractivity contribution in [2.24, 2.45) is 5.73 Å². The summed E-state index contributed by atoms with van der Waals surface area (Å²) in [5.74, 6) is 2.34. The van der Waals surface area contributed by atoms with E-state index < -0.39 is 0 Å². The second-order valence-electron chi connectivity index (χ2n) is 5.42. The highest BCUT2D eigenvalue weighted by atomic mass is 16.5. The molecule has 20 heavy (non-hydrogen) atoms. The molecule has 1 aliphatic heterocycles. The number of nitrogens with two attached hydrogens (primary N) is 1. The highest BCUT2D eigenvalue weighted by molar-refractivity contribution is 5.53. The Morgan fingerprint density at radius 3 is 2.55 bits per heavy atom. The monoisotopic (exact) mass is 279 g/mol. The average Bonchev–Trinajstić information content (AvgIpc) is 2.38. The van der Waals surface area contributed by atoms with Gasteiger partial charge in [-0.15, -0.1) is 0 Å². The zero-order valence-corrected chi connectivity index (χ0v) is 12.9. The van der Waals surface area contributed by atoms with Gasteiger partial charge in [0.2, 0.25) is 0 Å². The van der Waals surface area contributed by atoms with Crippen molar-refractivity contribution < 1.29 is 14.2 Å². The lowest BCUT2D eigenvalue weighted by Gasteiger charge is -2.39. The van der Waals surface area contributed by atoms with Crippen molar-refractivity contribution in [2.45, 2.75) is 52.2 Å². The molecule has 0 fully saturated rings. The summed E-state index contributed by atoms with van der Waals surface area (Å²) in [6, 6.07) is 3.76. The van der Waals surface area contributed by atoms with Gasteiger partial charge in [-0.2, -0.15) is 0 Å². The van der Waals surface area contributed by atoms with Gasteiger partial charge in [-0.3, -0.25) is 0 Å². The summed E-state index contributed by atoms with van der Waals surface area (Å²) in [5.41, 5.74) is 7.09. The largest absolute Gasteiger partial charge is 0.494 e. The maximum absolute atomic E-state index is 6.35. The molecule has 4 nitrogen and oxygen atoms in total. The molecule has 0 amide bonds. The minimum atomic E-state index is -0.221. The number of fused-ring (bicyclic) bond motifs is 1. The Morgan fingerprint density at radius 1 is 1.25 bits per heavy atom. The molecule has 1 aromatic rings. The Bertz CT molecular complexity index is 475. The van der Waals surface area contributed by atoms with Crippen molar-refractivity contribution in [2.75, 3.05) is 13.2 Å². The molecular weight excluding hydrogens is 254 g/mol. The van der Waals surface area contributed by atoms with E-state index in [1.807, 2.05) is 26.0 Å². The Morgan fingerprint density at radius 2 is 1.95 bits per heavy atom. The van der Waals surface area contributed by atoms with Crippen LogP contribution >= 0.6 is 0 Å². The van der Waals surface area contributed by atoms with Gasteiger partial charge in [-0.05, 0) is 27.2 Å². The quantitative estimate of drug-likeness (QED) is 0.897. The molecule has 0 radical (unpaired) electrons. The molecule has 1 heterocycles. The van der Waals surface area contributed by atoms with E-state index in [9.17, 15) is 0 Å². The van der Waals surface area contributed by atoms with E-state index in [0.29, 0.717) is 13.2 Å². The van der Waals surface area contributed by atoms with Crippen LogP contribution in [0.1, 0.15) is 52.1 Å².